The maximum atomic E-state index is 5.82. The summed E-state index contributed by atoms with van der Waals surface area (Å²) < 4.78 is 7.25. The summed E-state index contributed by atoms with van der Waals surface area (Å²) in [5.74, 6) is 0. The molecule has 1 fully saturated rings. The Bertz CT molecular complexity index is 457. The van der Waals surface area contributed by atoms with Crippen molar-refractivity contribution in [2.75, 3.05) is 6.61 Å². The van der Waals surface area contributed by atoms with E-state index in [1.165, 1.54) is 22.1 Å². The fourth-order valence-electron chi connectivity index (χ4n) is 3.35. The van der Waals surface area contributed by atoms with E-state index in [1.54, 1.807) is 10.4 Å². The van der Waals surface area contributed by atoms with E-state index in [1.807, 2.05) is 11.3 Å². The highest BCUT2D eigenvalue weighted by molar-refractivity contribution is 14.1. The molecule has 4 heteroatoms. The average Bonchev–Trinajstić information content (AvgIpc) is 2.69. The summed E-state index contributed by atoms with van der Waals surface area (Å²) in [6, 6.07) is 3.57. The lowest BCUT2D eigenvalue weighted by atomic mass is 9.89. The SMILES string of the molecule is CC1(C)CC(NC2CCCc3sc(I)cc32)CCO1. The van der Waals surface area contributed by atoms with Gasteiger partial charge in [0.05, 0.1) is 8.48 Å². The van der Waals surface area contributed by atoms with E-state index >= 15 is 0 Å². The maximum absolute atomic E-state index is 5.82. The number of nitrogens with one attached hydrogen (secondary N) is 1. The molecule has 1 aliphatic carbocycles. The predicted octanol–water partition coefficient (Wildman–Crippen LogP) is 4.28. The number of rotatable bonds is 2. The summed E-state index contributed by atoms with van der Waals surface area (Å²) in [5, 5.41) is 3.91. The Morgan fingerprint density at radius 3 is 3.05 bits per heavy atom. The molecule has 2 nitrogen and oxygen atoms in total. The Labute approximate surface area is 133 Å². The van der Waals surface area contributed by atoms with Crippen molar-refractivity contribution < 1.29 is 4.74 Å². The fourth-order valence-corrected chi connectivity index (χ4v) is 5.47. The lowest BCUT2D eigenvalue weighted by Gasteiger charge is -2.38. The highest BCUT2D eigenvalue weighted by Gasteiger charge is 2.31. The van der Waals surface area contributed by atoms with Gasteiger partial charge >= 0.3 is 0 Å². The topological polar surface area (TPSA) is 21.3 Å². The molecule has 0 bridgehead atoms. The number of fused-ring (bicyclic) bond motifs is 1. The van der Waals surface area contributed by atoms with Crippen molar-refractivity contribution in [3.05, 3.63) is 19.4 Å². The van der Waals surface area contributed by atoms with Crippen LogP contribution in [0.2, 0.25) is 0 Å². The second-order valence-corrected chi connectivity index (χ2v) is 9.37. The van der Waals surface area contributed by atoms with Crippen LogP contribution in [-0.2, 0) is 11.2 Å². The number of halogens is 1. The normalized spacial score (nSPS) is 30.1. The van der Waals surface area contributed by atoms with Gasteiger partial charge < -0.3 is 10.1 Å². The fraction of sp³-hybridized carbons (Fsp3) is 0.733. The Kier molecular flexibility index (Phi) is 4.23. The van der Waals surface area contributed by atoms with Gasteiger partial charge in [0.1, 0.15) is 0 Å². The van der Waals surface area contributed by atoms with Crippen LogP contribution in [-0.4, -0.2) is 18.2 Å². The lowest BCUT2D eigenvalue weighted by Crippen LogP contribution is -2.45. The molecule has 19 heavy (non-hydrogen) atoms. The van der Waals surface area contributed by atoms with Crippen LogP contribution < -0.4 is 5.32 Å². The van der Waals surface area contributed by atoms with Crippen molar-refractivity contribution in [3.8, 4) is 0 Å². The minimum Gasteiger partial charge on any atom is -0.375 e. The van der Waals surface area contributed by atoms with Gasteiger partial charge in [0.25, 0.3) is 0 Å². The minimum atomic E-state index is 0.0382. The monoisotopic (exact) mass is 391 g/mol. The van der Waals surface area contributed by atoms with Crippen molar-refractivity contribution in [2.45, 2.75) is 63.6 Å². The van der Waals surface area contributed by atoms with Gasteiger partial charge in [0.15, 0.2) is 0 Å². The number of hydrogen-bond acceptors (Lipinski definition) is 3. The summed E-state index contributed by atoms with van der Waals surface area (Å²) in [4.78, 5) is 1.61. The van der Waals surface area contributed by atoms with Gasteiger partial charge in [-0.3, -0.25) is 0 Å². The first kappa shape index (κ1) is 14.3. The Hall–Kier alpha value is 0.350. The largest absolute Gasteiger partial charge is 0.375 e. The van der Waals surface area contributed by atoms with Crippen LogP contribution in [0.25, 0.3) is 0 Å². The molecule has 1 N–H and O–H groups in total. The molecule has 0 spiro atoms. The van der Waals surface area contributed by atoms with Crippen molar-refractivity contribution in [1.29, 1.82) is 0 Å². The third-order valence-corrected chi connectivity index (χ3v) is 6.19. The molecule has 1 aromatic heterocycles. The van der Waals surface area contributed by atoms with Gasteiger partial charge in [0.2, 0.25) is 0 Å². The molecule has 3 rings (SSSR count). The molecule has 2 heterocycles. The summed E-state index contributed by atoms with van der Waals surface area (Å²) in [6.07, 6.45) is 6.17. The highest BCUT2D eigenvalue weighted by Crippen LogP contribution is 2.37. The summed E-state index contributed by atoms with van der Waals surface area (Å²) in [5.41, 5.74) is 1.61. The van der Waals surface area contributed by atoms with Gasteiger partial charge in [-0.25, -0.2) is 0 Å². The van der Waals surface area contributed by atoms with E-state index in [4.69, 9.17) is 4.74 Å². The zero-order valence-corrected chi connectivity index (χ0v) is 14.6. The molecular formula is C15H22INOS. The molecule has 0 radical (unpaired) electrons. The molecule has 0 aromatic carbocycles. The molecule has 0 amide bonds. The molecule has 1 aliphatic heterocycles. The van der Waals surface area contributed by atoms with E-state index in [-0.39, 0.29) is 5.60 Å². The van der Waals surface area contributed by atoms with Crippen LogP contribution in [0, 0.1) is 2.88 Å². The predicted molar refractivity (Wildman–Crippen MR) is 88.9 cm³/mol. The molecule has 2 unspecified atom stereocenters. The third kappa shape index (κ3) is 3.34. The van der Waals surface area contributed by atoms with Gasteiger partial charge in [0, 0.05) is 23.6 Å². The molecule has 106 valence electrons. The Morgan fingerprint density at radius 1 is 1.42 bits per heavy atom. The minimum absolute atomic E-state index is 0.0382. The van der Waals surface area contributed by atoms with Crippen molar-refractivity contribution in [3.63, 3.8) is 0 Å². The van der Waals surface area contributed by atoms with Crippen molar-refractivity contribution >= 4 is 33.9 Å². The second-order valence-electron chi connectivity index (χ2n) is 6.34. The molecule has 0 saturated carbocycles. The number of aryl methyl sites for hydroxylation is 1. The van der Waals surface area contributed by atoms with Crippen molar-refractivity contribution in [1.82, 2.24) is 5.32 Å². The van der Waals surface area contributed by atoms with E-state index < -0.39 is 0 Å². The first-order valence-electron chi connectivity index (χ1n) is 7.22. The summed E-state index contributed by atoms with van der Waals surface area (Å²) in [6.45, 7) is 5.31. The van der Waals surface area contributed by atoms with E-state index in [9.17, 15) is 0 Å². The third-order valence-electron chi connectivity index (χ3n) is 4.22. The Morgan fingerprint density at radius 2 is 2.26 bits per heavy atom. The average molecular weight is 391 g/mol. The zero-order chi connectivity index (χ0) is 13.5. The zero-order valence-electron chi connectivity index (χ0n) is 11.7. The van der Waals surface area contributed by atoms with Gasteiger partial charge in [-0.15, -0.1) is 11.3 Å². The first-order valence-corrected chi connectivity index (χ1v) is 9.11. The number of hydrogen-bond donors (Lipinski definition) is 1. The Balaban J connectivity index is 1.70. The van der Waals surface area contributed by atoms with Gasteiger partial charge in [-0.2, -0.15) is 0 Å². The van der Waals surface area contributed by atoms with Crippen LogP contribution in [0.3, 0.4) is 0 Å². The van der Waals surface area contributed by atoms with Crippen LogP contribution in [0.4, 0.5) is 0 Å². The van der Waals surface area contributed by atoms with Gasteiger partial charge in [-0.05, 0) is 80.2 Å². The molecular weight excluding hydrogens is 369 g/mol. The summed E-state index contributed by atoms with van der Waals surface area (Å²) in [7, 11) is 0. The van der Waals surface area contributed by atoms with Crippen LogP contribution in [0.5, 0.6) is 0 Å². The van der Waals surface area contributed by atoms with Crippen LogP contribution in [0.1, 0.15) is 56.0 Å². The molecule has 1 saturated heterocycles. The summed E-state index contributed by atoms with van der Waals surface area (Å²) >= 11 is 4.44. The van der Waals surface area contributed by atoms with Crippen molar-refractivity contribution in [2.24, 2.45) is 0 Å². The van der Waals surface area contributed by atoms with E-state index in [0.717, 1.165) is 19.4 Å². The standard InChI is InChI=1S/C15H22INOS/c1-15(2)9-10(6-7-18-15)17-12-4-3-5-13-11(12)8-14(16)19-13/h8,10,12,17H,3-7,9H2,1-2H3. The first-order chi connectivity index (χ1) is 9.03. The van der Waals surface area contributed by atoms with E-state index in [2.05, 4.69) is 47.8 Å². The second kappa shape index (κ2) is 5.62. The number of thiophene rings is 1. The van der Waals surface area contributed by atoms with Gasteiger partial charge in [-0.1, -0.05) is 0 Å². The molecule has 1 aromatic rings. The smallest absolute Gasteiger partial charge is 0.0659 e. The van der Waals surface area contributed by atoms with Crippen LogP contribution in [0.15, 0.2) is 6.07 Å². The number of ether oxygens (including phenoxy) is 1. The van der Waals surface area contributed by atoms with E-state index in [0.29, 0.717) is 12.1 Å². The van der Waals surface area contributed by atoms with Crippen LogP contribution >= 0.6 is 33.9 Å². The maximum Gasteiger partial charge on any atom is 0.0659 e. The molecule has 2 aliphatic rings. The molecule has 2 atom stereocenters. The highest BCUT2D eigenvalue weighted by atomic mass is 127. The lowest BCUT2D eigenvalue weighted by molar-refractivity contribution is -0.0644. The quantitative estimate of drug-likeness (QED) is 0.760.